The number of nitrogens with two attached hydrogens (primary N) is 1. The molecular weight excluding hydrogens is 230 g/mol. The third kappa shape index (κ3) is 3.40. The maximum Gasteiger partial charge on any atom is 0.320 e. The van der Waals surface area contributed by atoms with Crippen molar-refractivity contribution in [3.8, 4) is 5.75 Å². The Morgan fingerprint density at radius 2 is 1.81 bits per heavy atom. The monoisotopic (exact) mass is 245 g/mol. The van der Waals surface area contributed by atoms with E-state index in [1.165, 1.54) is 0 Å². The molecule has 0 aliphatic carbocycles. The summed E-state index contributed by atoms with van der Waals surface area (Å²) in [5, 5.41) is 18.0. The quantitative estimate of drug-likeness (QED) is 0.751. The van der Waals surface area contributed by atoms with Gasteiger partial charge in [-0.1, -0.05) is 0 Å². The molecule has 0 aliphatic heterocycles. The Morgan fingerprint density at radius 1 is 1.38 bits per heavy atom. The van der Waals surface area contributed by atoms with Gasteiger partial charge < -0.3 is 15.9 Å². The van der Waals surface area contributed by atoms with Crippen LogP contribution in [0.2, 0.25) is 0 Å². The molecule has 4 nitrogen and oxygen atoms in total. The first-order chi connectivity index (χ1) is 6.91. The highest BCUT2D eigenvalue weighted by Crippen LogP contribution is 2.21. The number of hydrogen-bond acceptors (Lipinski definition) is 3. The average Bonchev–Trinajstić information content (AvgIpc) is 2.10. The van der Waals surface area contributed by atoms with E-state index in [1.54, 1.807) is 12.1 Å². The van der Waals surface area contributed by atoms with Gasteiger partial charge in [0.2, 0.25) is 0 Å². The van der Waals surface area contributed by atoms with Gasteiger partial charge in [0.1, 0.15) is 11.8 Å². The Kier molecular flexibility index (Phi) is 5.27. The first-order valence-corrected chi connectivity index (χ1v) is 4.69. The topological polar surface area (TPSA) is 83.5 Å². The molecule has 0 saturated carbocycles. The van der Waals surface area contributed by atoms with Crippen LogP contribution in [-0.4, -0.2) is 22.2 Å². The number of halogens is 1. The fraction of sp³-hybridized carbons (Fsp3) is 0.364. The predicted molar refractivity (Wildman–Crippen MR) is 64.1 cm³/mol. The highest BCUT2D eigenvalue weighted by Gasteiger charge is 2.15. The van der Waals surface area contributed by atoms with Crippen LogP contribution < -0.4 is 5.73 Å². The van der Waals surface area contributed by atoms with Crippen LogP contribution in [0.1, 0.15) is 16.7 Å². The maximum atomic E-state index is 10.6. The number of carboxylic acid groups (broad SMARTS) is 1. The van der Waals surface area contributed by atoms with Crippen molar-refractivity contribution in [1.82, 2.24) is 0 Å². The molecule has 1 aromatic rings. The zero-order chi connectivity index (χ0) is 11.6. The van der Waals surface area contributed by atoms with Crippen molar-refractivity contribution >= 4 is 18.4 Å². The average molecular weight is 246 g/mol. The minimum atomic E-state index is -1.01. The lowest BCUT2D eigenvalue weighted by Gasteiger charge is -2.12. The number of rotatable bonds is 3. The van der Waals surface area contributed by atoms with Crippen LogP contribution in [0.25, 0.3) is 0 Å². The van der Waals surface area contributed by atoms with Gasteiger partial charge in [0.25, 0.3) is 0 Å². The Morgan fingerprint density at radius 3 is 2.19 bits per heavy atom. The fourth-order valence-electron chi connectivity index (χ4n) is 1.60. The van der Waals surface area contributed by atoms with E-state index in [2.05, 4.69) is 0 Å². The summed E-state index contributed by atoms with van der Waals surface area (Å²) < 4.78 is 0. The van der Waals surface area contributed by atoms with Gasteiger partial charge in [-0.15, -0.1) is 12.4 Å². The van der Waals surface area contributed by atoms with Gasteiger partial charge in [0.15, 0.2) is 0 Å². The molecular formula is C11H16ClNO3. The smallest absolute Gasteiger partial charge is 0.320 e. The molecule has 0 aromatic heterocycles. The molecule has 1 atom stereocenters. The molecule has 0 fully saturated rings. The Bertz CT molecular complexity index is 370. The third-order valence-electron chi connectivity index (χ3n) is 2.42. The normalized spacial score (nSPS) is 11.7. The standard InChI is InChI=1S/C11H15NO3.ClH/c1-6-3-8(13)4-7(2)9(6)5-10(12)11(14)15;/h3-4,10,13H,5,12H2,1-2H3,(H,14,15);1H/t10-;/m1./s1. The molecule has 4 N–H and O–H groups in total. The van der Waals surface area contributed by atoms with E-state index in [0.717, 1.165) is 16.7 Å². The Labute approximate surface area is 100 Å². The van der Waals surface area contributed by atoms with E-state index in [-0.39, 0.29) is 24.6 Å². The van der Waals surface area contributed by atoms with Gasteiger partial charge >= 0.3 is 5.97 Å². The summed E-state index contributed by atoms with van der Waals surface area (Å²) in [6, 6.07) is 2.32. The van der Waals surface area contributed by atoms with Crippen molar-refractivity contribution in [2.24, 2.45) is 5.73 Å². The van der Waals surface area contributed by atoms with E-state index < -0.39 is 12.0 Å². The summed E-state index contributed by atoms with van der Waals surface area (Å²) in [4.78, 5) is 10.6. The number of carboxylic acids is 1. The highest BCUT2D eigenvalue weighted by molar-refractivity contribution is 5.85. The molecule has 0 unspecified atom stereocenters. The van der Waals surface area contributed by atoms with Crippen LogP contribution in [0, 0.1) is 13.8 Å². The van der Waals surface area contributed by atoms with Crippen LogP contribution in [0.3, 0.4) is 0 Å². The van der Waals surface area contributed by atoms with Crippen LogP contribution in [0.5, 0.6) is 5.75 Å². The Hall–Kier alpha value is -1.26. The summed E-state index contributed by atoms with van der Waals surface area (Å²) >= 11 is 0. The van der Waals surface area contributed by atoms with Gasteiger partial charge in [-0.25, -0.2) is 0 Å². The molecule has 0 heterocycles. The zero-order valence-electron chi connectivity index (χ0n) is 9.23. The third-order valence-corrected chi connectivity index (χ3v) is 2.42. The number of aromatic hydroxyl groups is 1. The molecule has 1 aromatic carbocycles. The molecule has 90 valence electrons. The first-order valence-electron chi connectivity index (χ1n) is 4.69. The predicted octanol–water partition coefficient (Wildman–Crippen LogP) is 1.39. The lowest BCUT2D eigenvalue weighted by atomic mass is 9.96. The minimum absolute atomic E-state index is 0. The largest absolute Gasteiger partial charge is 0.508 e. The number of phenolic OH excluding ortho intramolecular Hbond substituents is 1. The molecule has 0 bridgehead atoms. The van der Waals surface area contributed by atoms with Crippen molar-refractivity contribution < 1.29 is 15.0 Å². The van der Waals surface area contributed by atoms with Crippen LogP contribution >= 0.6 is 12.4 Å². The van der Waals surface area contributed by atoms with Gasteiger partial charge in [-0.3, -0.25) is 4.79 Å². The molecule has 1 rings (SSSR count). The van der Waals surface area contributed by atoms with Crippen molar-refractivity contribution in [3.05, 3.63) is 28.8 Å². The van der Waals surface area contributed by atoms with Gasteiger partial charge in [0.05, 0.1) is 0 Å². The summed E-state index contributed by atoms with van der Waals surface area (Å²) in [7, 11) is 0. The fourth-order valence-corrected chi connectivity index (χ4v) is 1.60. The van der Waals surface area contributed by atoms with E-state index in [0.29, 0.717) is 0 Å². The number of phenols is 1. The van der Waals surface area contributed by atoms with E-state index in [9.17, 15) is 9.90 Å². The lowest BCUT2D eigenvalue weighted by molar-refractivity contribution is -0.138. The van der Waals surface area contributed by atoms with Crippen molar-refractivity contribution in [3.63, 3.8) is 0 Å². The van der Waals surface area contributed by atoms with Crippen molar-refractivity contribution in [1.29, 1.82) is 0 Å². The number of carbonyl (C=O) groups is 1. The van der Waals surface area contributed by atoms with E-state index >= 15 is 0 Å². The molecule has 0 radical (unpaired) electrons. The van der Waals surface area contributed by atoms with Crippen LogP contribution in [0.15, 0.2) is 12.1 Å². The van der Waals surface area contributed by atoms with Crippen LogP contribution in [0.4, 0.5) is 0 Å². The summed E-state index contributed by atoms with van der Waals surface area (Å²) in [6.07, 6.45) is 0.285. The molecule has 0 spiro atoms. The number of aliphatic carboxylic acids is 1. The molecule has 0 amide bonds. The molecule has 5 heteroatoms. The second-order valence-electron chi connectivity index (χ2n) is 3.71. The van der Waals surface area contributed by atoms with Gasteiger partial charge in [-0.05, 0) is 49.1 Å². The maximum absolute atomic E-state index is 10.6. The number of benzene rings is 1. The molecule has 16 heavy (non-hydrogen) atoms. The first kappa shape index (κ1) is 14.7. The second kappa shape index (κ2) is 5.72. The Balaban J connectivity index is 0.00000225. The summed E-state index contributed by atoms with van der Waals surface area (Å²) in [6.45, 7) is 3.66. The summed E-state index contributed by atoms with van der Waals surface area (Å²) in [5.41, 5.74) is 8.08. The SMILES string of the molecule is Cc1cc(O)cc(C)c1C[C@@H](N)C(=O)O.Cl. The number of aryl methyl sites for hydroxylation is 2. The molecule has 0 aliphatic rings. The molecule has 0 saturated heterocycles. The van der Waals surface area contributed by atoms with Gasteiger partial charge in [-0.2, -0.15) is 0 Å². The van der Waals surface area contributed by atoms with Crippen LogP contribution in [-0.2, 0) is 11.2 Å². The second-order valence-corrected chi connectivity index (χ2v) is 3.71. The summed E-state index contributed by atoms with van der Waals surface area (Å²) in [5.74, 6) is -0.820. The van der Waals surface area contributed by atoms with Crippen molar-refractivity contribution in [2.75, 3.05) is 0 Å². The van der Waals surface area contributed by atoms with Gasteiger partial charge in [0, 0.05) is 0 Å². The van der Waals surface area contributed by atoms with E-state index in [4.69, 9.17) is 10.8 Å². The number of hydrogen-bond donors (Lipinski definition) is 3. The zero-order valence-corrected chi connectivity index (χ0v) is 10.0. The van der Waals surface area contributed by atoms with E-state index in [1.807, 2.05) is 13.8 Å². The minimum Gasteiger partial charge on any atom is -0.508 e. The van der Waals surface area contributed by atoms with Crippen molar-refractivity contribution in [2.45, 2.75) is 26.3 Å². The highest BCUT2D eigenvalue weighted by atomic mass is 35.5. The lowest BCUT2D eigenvalue weighted by Crippen LogP contribution is -2.32.